The van der Waals surface area contributed by atoms with Crippen LogP contribution in [0.5, 0.6) is 0 Å². The molecular formula is C13H24N2O. The zero-order valence-electron chi connectivity index (χ0n) is 10.7. The topological polar surface area (TPSA) is 32.3 Å². The number of carbonyl (C=O) groups is 1. The van der Waals surface area contributed by atoms with Gasteiger partial charge in [-0.3, -0.25) is 10.1 Å². The molecule has 2 aliphatic rings. The largest absolute Gasteiger partial charge is 0.326 e. The van der Waals surface area contributed by atoms with Gasteiger partial charge in [-0.2, -0.15) is 0 Å². The molecule has 0 spiro atoms. The van der Waals surface area contributed by atoms with Gasteiger partial charge in [0.25, 0.3) is 0 Å². The Morgan fingerprint density at radius 1 is 1.44 bits per heavy atom. The molecule has 1 saturated carbocycles. The summed E-state index contributed by atoms with van der Waals surface area (Å²) in [6.45, 7) is 7.53. The smallest absolute Gasteiger partial charge is 0.241 e. The van der Waals surface area contributed by atoms with Crippen LogP contribution in [0.15, 0.2) is 0 Å². The zero-order chi connectivity index (χ0) is 11.7. The quantitative estimate of drug-likeness (QED) is 0.774. The van der Waals surface area contributed by atoms with Crippen LogP contribution in [0.3, 0.4) is 0 Å². The molecule has 0 aromatic carbocycles. The van der Waals surface area contributed by atoms with Crippen LogP contribution in [0.2, 0.25) is 0 Å². The minimum absolute atomic E-state index is 0.0746. The van der Waals surface area contributed by atoms with Gasteiger partial charge in [0, 0.05) is 6.54 Å². The lowest BCUT2D eigenvalue weighted by Gasteiger charge is -2.23. The van der Waals surface area contributed by atoms with Crippen LogP contribution in [0.4, 0.5) is 0 Å². The van der Waals surface area contributed by atoms with Crippen LogP contribution in [0.1, 0.15) is 46.5 Å². The molecule has 0 aromatic rings. The first kappa shape index (κ1) is 11.9. The third-order valence-electron chi connectivity index (χ3n) is 4.03. The average Bonchev–Trinajstić information content (AvgIpc) is 2.88. The van der Waals surface area contributed by atoms with E-state index in [1.165, 1.54) is 6.42 Å². The van der Waals surface area contributed by atoms with Crippen LogP contribution in [-0.4, -0.2) is 29.6 Å². The summed E-state index contributed by atoms with van der Waals surface area (Å²) in [6, 6.07) is 0.0746. The van der Waals surface area contributed by atoms with Crippen molar-refractivity contribution in [3.8, 4) is 0 Å². The summed E-state index contributed by atoms with van der Waals surface area (Å²) in [4.78, 5) is 14.3. The van der Waals surface area contributed by atoms with Gasteiger partial charge in [0.05, 0.1) is 12.2 Å². The molecule has 3 nitrogen and oxygen atoms in total. The Bertz CT molecular complexity index is 267. The van der Waals surface area contributed by atoms with E-state index in [2.05, 4.69) is 31.0 Å². The number of amides is 1. The second-order valence-electron chi connectivity index (χ2n) is 5.40. The van der Waals surface area contributed by atoms with Crippen LogP contribution >= 0.6 is 0 Å². The molecule has 4 unspecified atom stereocenters. The maximum atomic E-state index is 12.2. The highest BCUT2D eigenvalue weighted by Gasteiger charge is 2.42. The van der Waals surface area contributed by atoms with E-state index in [-0.39, 0.29) is 6.04 Å². The van der Waals surface area contributed by atoms with Crippen molar-refractivity contribution >= 4 is 5.91 Å². The lowest BCUT2D eigenvalue weighted by Crippen LogP contribution is -2.38. The summed E-state index contributed by atoms with van der Waals surface area (Å²) in [5.41, 5.74) is 0. The van der Waals surface area contributed by atoms with E-state index in [4.69, 9.17) is 0 Å². The van der Waals surface area contributed by atoms with Gasteiger partial charge in [-0.25, -0.2) is 0 Å². The molecule has 1 N–H and O–H groups in total. The fraction of sp³-hybridized carbons (Fsp3) is 0.923. The van der Waals surface area contributed by atoms with Gasteiger partial charge in [0.15, 0.2) is 0 Å². The first-order valence-corrected chi connectivity index (χ1v) is 6.73. The molecule has 92 valence electrons. The number of nitrogens with zero attached hydrogens (tertiary/aromatic N) is 1. The summed E-state index contributed by atoms with van der Waals surface area (Å²) in [6.07, 6.45) is 4.74. The molecular weight excluding hydrogens is 200 g/mol. The predicted molar refractivity (Wildman–Crippen MR) is 64.9 cm³/mol. The van der Waals surface area contributed by atoms with Crippen molar-refractivity contribution in [2.75, 3.05) is 6.54 Å². The van der Waals surface area contributed by atoms with Crippen molar-refractivity contribution in [2.24, 2.45) is 11.8 Å². The molecule has 1 saturated heterocycles. The van der Waals surface area contributed by atoms with Crippen molar-refractivity contribution in [1.29, 1.82) is 0 Å². The first-order chi connectivity index (χ1) is 7.67. The summed E-state index contributed by atoms with van der Waals surface area (Å²) < 4.78 is 0. The van der Waals surface area contributed by atoms with E-state index in [0.29, 0.717) is 12.1 Å². The average molecular weight is 224 g/mol. The Labute approximate surface area is 98.6 Å². The molecule has 0 radical (unpaired) electrons. The minimum atomic E-state index is 0.0746. The second kappa shape index (κ2) is 4.74. The number of nitrogens with one attached hydrogen (secondary N) is 1. The van der Waals surface area contributed by atoms with E-state index >= 15 is 0 Å². The van der Waals surface area contributed by atoms with Gasteiger partial charge >= 0.3 is 0 Å². The van der Waals surface area contributed by atoms with Gasteiger partial charge in [-0.05, 0) is 31.1 Å². The third kappa shape index (κ3) is 2.24. The Hall–Kier alpha value is -0.570. The summed E-state index contributed by atoms with van der Waals surface area (Å²) >= 11 is 0. The Morgan fingerprint density at radius 2 is 2.12 bits per heavy atom. The van der Waals surface area contributed by atoms with Crippen molar-refractivity contribution in [2.45, 2.75) is 58.7 Å². The van der Waals surface area contributed by atoms with E-state index < -0.39 is 0 Å². The number of hydrogen-bond donors (Lipinski definition) is 1. The maximum absolute atomic E-state index is 12.2. The van der Waals surface area contributed by atoms with Crippen molar-refractivity contribution in [3.63, 3.8) is 0 Å². The summed E-state index contributed by atoms with van der Waals surface area (Å²) in [5.74, 6) is 1.93. The molecule has 2 rings (SSSR count). The van der Waals surface area contributed by atoms with Crippen molar-refractivity contribution in [1.82, 2.24) is 10.2 Å². The zero-order valence-corrected chi connectivity index (χ0v) is 10.7. The van der Waals surface area contributed by atoms with Crippen LogP contribution in [-0.2, 0) is 4.79 Å². The maximum Gasteiger partial charge on any atom is 0.241 e. The molecule has 16 heavy (non-hydrogen) atoms. The normalized spacial score (nSPS) is 38.2. The summed E-state index contributed by atoms with van der Waals surface area (Å²) in [7, 11) is 0. The monoisotopic (exact) mass is 224 g/mol. The van der Waals surface area contributed by atoms with Gasteiger partial charge in [-0.1, -0.05) is 27.2 Å². The van der Waals surface area contributed by atoms with Gasteiger partial charge in [0.1, 0.15) is 0 Å². The Morgan fingerprint density at radius 3 is 2.62 bits per heavy atom. The summed E-state index contributed by atoms with van der Waals surface area (Å²) in [5, 5.41) is 3.47. The van der Waals surface area contributed by atoms with Gasteiger partial charge in [-0.15, -0.1) is 0 Å². The van der Waals surface area contributed by atoms with Crippen molar-refractivity contribution in [3.05, 3.63) is 0 Å². The molecule has 1 aliphatic carbocycles. The Kier molecular flexibility index (Phi) is 3.53. The third-order valence-corrected chi connectivity index (χ3v) is 4.03. The van der Waals surface area contributed by atoms with Gasteiger partial charge < -0.3 is 4.90 Å². The predicted octanol–water partition coefficient (Wildman–Crippen LogP) is 1.98. The highest BCUT2D eigenvalue weighted by molar-refractivity contribution is 5.84. The molecule has 1 heterocycles. The number of hydrogen-bond acceptors (Lipinski definition) is 2. The fourth-order valence-electron chi connectivity index (χ4n) is 2.68. The molecule has 0 bridgehead atoms. The molecule has 3 heteroatoms. The molecule has 4 atom stereocenters. The highest BCUT2D eigenvalue weighted by atomic mass is 16.2. The van der Waals surface area contributed by atoms with E-state index in [1.54, 1.807) is 0 Å². The highest BCUT2D eigenvalue weighted by Crippen LogP contribution is 2.39. The van der Waals surface area contributed by atoms with Crippen molar-refractivity contribution < 1.29 is 4.79 Å². The number of carbonyl (C=O) groups excluding carboxylic acids is 1. The Balaban J connectivity index is 1.97. The molecule has 1 amide bonds. The number of rotatable bonds is 5. The fourth-order valence-corrected chi connectivity index (χ4v) is 2.68. The first-order valence-electron chi connectivity index (χ1n) is 6.73. The van der Waals surface area contributed by atoms with Crippen LogP contribution in [0, 0.1) is 11.8 Å². The molecule has 1 aliphatic heterocycles. The molecule has 2 fully saturated rings. The SMILES string of the molecule is CCCC1NC(CC)C(=O)N1CC1CC1C. The lowest BCUT2D eigenvalue weighted by atomic mass is 10.2. The lowest BCUT2D eigenvalue weighted by molar-refractivity contribution is -0.130. The van der Waals surface area contributed by atoms with E-state index in [1.807, 2.05) is 0 Å². The standard InChI is InChI=1S/C13H24N2O/c1-4-6-12-14-11(5-2)13(16)15(12)8-10-7-9(10)3/h9-12,14H,4-8H2,1-3H3. The van der Waals surface area contributed by atoms with Crippen LogP contribution in [0.25, 0.3) is 0 Å². The van der Waals surface area contributed by atoms with E-state index in [9.17, 15) is 4.79 Å². The molecule has 0 aromatic heterocycles. The van der Waals surface area contributed by atoms with Crippen LogP contribution < -0.4 is 5.32 Å². The minimum Gasteiger partial charge on any atom is -0.326 e. The van der Waals surface area contributed by atoms with E-state index in [0.717, 1.165) is 37.6 Å². The van der Waals surface area contributed by atoms with Gasteiger partial charge in [0.2, 0.25) is 5.91 Å². The second-order valence-corrected chi connectivity index (χ2v) is 5.40.